The van der Waals surface area contributed by atoms with Crippen LogP contribution in [-0.4, -0.2) is 11.8 Å². The van der Waals surface area contributed by atoms with Gasteiger partial charge in [-0.3, -0.25) is 9.59 Å². The van der Waals surface area contributed by atoms with E-state index in [1.807, 2.05) is 37.3 Å². The van der Waals surface area contributed by atoms with Crippen LogP contribution in [0.1, 0.15) is 23.0 Å². The number of anilines is 2. The van der Waals surface area contributed by atoms with Crippen molar-refractivity contribution in [2.45, 2.75) is 6.92 Å². The number of benzene rings is 2. The zero-order chi connectivity index (χ0) is 19.2. The second kappa shape index (κ2) is 8.38. The van der Waals surface area contributed by atoms with Crippen molar-refractivity contribution in [1.29, 1.82) is 0 Å². The van der Waals surface area contributed by atoms with E-state index in [9.17, 15) is 9.59 Å². The molecule has 0 aliphatic rings. The first-order valence-corrected chi connectivity index (χ1v) is 8.60. The summed E-state index contributed by atoms with van der Waals surface area (Å²) in [5.74, 6) is -0.590. The van der Waals surface area contributed by atoms with Gasteiger partial charge in [0.05, 0.1) is 17.6 Å². The van der Waals surface area contributed by atoms with E-state index < -0.39 is 5.91 Å². The maximum atomic E-state index is 12.4. The molecule has 0 saturated carbocycles. The van der Waals surface area contributed by atoms with Crippen LogP contribution >= 0.6 is 11.6 Å². The topological polar surface area (TPSA) is 71.3 Å². The standard InChI is InChI=1S/C21H17ClN2O3/c1-14(15-6-3-2-4-7-15)12-20(25)23-17-10-9-16(22)13-18(17)24-21(26)19-8-5-11-27-19/h2-13H,1H3,(H,23,25)(H,24,26). The average molecular weight is 381 g/mol. The Bertz CT molecular complexity index is 980. The van der Waals surface area contributed by atoms with E-state index in [4.69, 9.17) is 16.0 Å². The molecule has 0 aliphatic heterocycles. The highest BCUT2D eigenvalue weighted by molar-refractivity contribution is 6.31. The maximum absolute atomic E-state index is 12.4. The average Bonchev–Trinajstić information content (AvgIpc) is 3.19. The lowest BCUT2D eigenvalue weighted by molar-refractivity contribution is -0.111. The predicted molar refractivity (Wildman–Crippen MR) is 107 cm³/mol. The number of nitrogens with one attached hydrogen (secondary N) is 2. The molecule has 0 spiro atoms. The van der Waals surface area contributed by atoms with Gasteiger partial charge < -0.3 is 15.1 Å². The largest absolute Gasteiger partial charge is 0.459 e. The van der Waals surface area contributed by atoms with Crippen LogP contribution in [0.3, 0.4) is 0 Å². The molecular weight excluding hydrogens is 364 g/mol. The number of halogens is 1. The molecule has 5 nitrogen and oxygen atoms in total. The predicted octanol–water partition coefficient (Wildman–Crippen LogP) is 5.23. The lowest BCUT2D eigenvalue weighted by Crippen LogP contribution is -2.15. The van der Waals surface area contributed by atoms with Crippen molar-refractivity contribution >= 4 is 40.4 Å². The highest BCUT2D eigenvalue weighted by Crippen LogP contribution is 2.27. The molecule has 0 bridgehead atoms. The summed E-state index contributed by atoms with van der Waals surface area (Å²) < 4.78 is 5.08. The summed E-state index contributed by atoms with van der Waals surface area (Å²) in [6.07, 6.45) is 2.91. The SMILES string of the molecule is CC(=CC(=O)Nc1ccc(Cl)cc1NC(=O)c1ccco1)c1ccccc1. The Hall–Kier alpha value is -3.31. The van der Waals surface area contributed by atoms with Crippen LogP contribution < -0.4 is 10.6 Å². The Morgan fingerprint density at radius 3 is 2.44 bits per heavy atom. The van der Waals surface area contributed by atoms with Gasteiger partial charge in [0.15, 0.2) is 5.76 Å². The summed E-state index contributed by atoms with van der Waals surface area (Å²) in [7, 11) is 0. The zero-order valence-corrected chi connectivity index (χ0v) is 15.3. The van der Waals surface area contributed by atoms with Gasteiger partial charge in [0.2, 0.25) is 5.91 Å². The van der Waals surface area contributed by atoms with Gasteiger partial charge in [0.25, 0.3) is 5.91 Å². The first-order chi connectivity index (χ1) is 13.0. The molecule has 0 fully saturated rings. The summed E-state index contributed by atoms with van der Waals surface area (Å²) >= 11 is 6.03. The van der Waals surface area contributed by atoms with Crippen LogP contribution in [0.2, 0.25) is 5.02 Å². The van der Waals surface area contributed by atoms with Crippen LogP contribution in [0.15, 0.2) is 77.4 Å². The molecule has 27 heavy (non-hydrogen) atoms. The molecule has 2 N–H and O–H groups in total. The second-order valence-electron chi connectivity index (χ2n) is 5.80. The van der Waals surface area contributed by atoms with Gasteiger partial charge in [-0.2, -0.15) is 0 Å². The summed E-state index contributed by atoms with van der Waals surface area (Å²) in [5.41, 5.74) is 2.59. The van der Waals surface area contributed by atoms with Crippen molar-refractivity contribution in [1.82, 2.24) is 0 Å². The molecule has 0 atom stereocenters. The highest BCUT2D eigenvalue weighted by atomic mass is 35.5. The molecule has 3 aromatic rings. The molecule has 6 heteroatoms. The number of allylic oxidation sites excluding steroid dienone is 1. The minimum absolute atomic E-state index is 0.159. The lowest BCUT2D eigenvalue weighted by Gasteiger charge is -2.12. The molecule has 0 radical (unpaired) electrons. The smallest absolute Gasteiger partial charge is 0.291 e. The molecule has 136 valence electrons. The molecule has 0 unspecified atom stereocenters. The summed E-state index contributed by atoms with van der Waals surface area (Å²) in [6.45, 7) is 1.86. The van der Waals surface area contributed by atoms with E-state index in [0.717, 1.165) is 11.1 Å². The molecule has 0 saturated heterocycles. The second-order valence-corrected chi connectivity index (χ2v) is 6.24. The number of rotatable bonds is 5. The van der Waals surface area contributed by atoms with Gasteiger partial charge in [0, 0.05) is 11.1 Å². The molecule has 0 aliphatic carbocycles. The number of carbonyl (C=O) groups excluding carboxylic acids is 2. The number of furan rings is 1. The van der Waals surface area contributed by atoms with E-state index >= 15 is 0 Å². The van der Waals surface area contributed by atoms with E-state index in [2.05, 4.69) is 10.6 Å². The first-order valence-electron chi connectivity index (χ1n) is 8.22. The maximum Gasteiger partial charge on any atom is 0.291 e. The Morgan fingerprint density at radius 2 is 1.74 bits per heavy atom. The van der Waals surface area contributed by atoms with Gasteiger partial charge in [-0.05, 0) is 48.4 Å². The van der Waals surface area contributed by atoms with Gasteiger partial charge in [-0.1, -0.05) is 41.9 Å². The molecule has 2 aromatic carbocycles. The number of carbonyl (C=O) groups is 2. The van der Waals surface area contributed by atoms with Gasteiger partial charge in [-0.25, -0.2) is 0 Å². The van der Waals surface area contributed by atoms with Crippen molar-refractivity contribution in [3.05, 3.63) is 89.3 Å². The van der Waals surface area contributed by atoms with Gasteiger partial charge in [-0.15, -0.1) is 0 Å². The molecular formula is C21H17ClN2O3. The van der Waals surface area contributed by atoms with Crippen LogP contribution in [0.4, 0.5) is 11.4 Å². The van der Waals surface area contributed by atoms with Crippen molar-refractivity contribution in [3.8, 4) is 0 Å². The van der Waals surface area contributed by atoms with Crippen molar-refractivity contribution in [3.63, 3.8) is 0 Å². The van der Waals surface area contributed by atoms with Crippen molar-refractivity contribution < 1.29 is 14.0 Å². The fourth-order valence-corrected chi connectivity index (χ4v) is 2.64. The Morgan fingerprint density at radius 1 is 0.963 bits per heavy atom. The number of hydrogen-bond donors (Lipinski definition) is 2. The quantitative estimate of drug-likeness (QED) is 0.595. The fraction of sp³-hybridized carbons (Fsp3) is 0.0476. The Kier molecular flexibility index (Phi) is 5.74. The van der Waals surface area contributed by atoms with Crippen LogP contribution in [0.25, 0.3) is 5.57 Å². The number of hydrogen-bond acceptors (Lipinski definition) is 3. The number of amides is 2. The van der Waals surface area contributed by atoms with Gasteiger partial charge >= 0.3 is 0 Å². The van der Waals surface area contributed by atoms with E-state index in [0.29, 0.717) is 16.4 Å². The summed E-state index contributed by atoms with van der Waals surface area (Å²) in [6, 6.07) is 17.6. The minimum atomic E-state index is -0.436. The zero-order valence-electron chi connectivity index (χ0n) is 14.5. The van der Waals surface area contributed by atoms with E-state index in [-0.39, 0.29) is 11.7 Å². The summed E-state index contributed by atoms with van der Waals surface area (Å²) in [5, 5.41) is 5.89. The first kappa shape index (κ1) is 18.5. The fourth-order valence-electron chi connectivity index (χ4n) is 2.47. The van der Waals surface area contributed by atoms with E-state index in [1.54, 1.807) is 30.3 Å². The molecule has 1 heterocycles. The van der Waals surface area contributed by atoms with E-state index in [1.165, 1.54) is 12.3 Å². The summed E-state index contributed by atoms with van der Waals surface area (Å²) in [4.78, 5) is 24.6. The third kappa shape index (κ3) is 4.86. The van der Waals surface area contributed by atoms with Crippen LogP contribution in [0, 0.1) is 0 Å². The Labute approximate surface area is 161 Å². The minimum Gasteiger partial charge on any atom is -0.459 e. The normalized spacial score (nSPS) is 11.1. The van der Waals surface area contributed by atoms with Crippen LogP contribution in [0.5, 0.6) is 0 Å². The molecule has 3 rings (SSSR count). The van der Waals surface area contributed by atoms with Crippen molar-refractivity contribution in [2.75, 3.05) is 10.6 Å². The third-order valence-electron chi connectivity index (χ3n) is 3.81. The third-order valence-corrected chi connectivity index (χ3v) is 4.04. The molecule has 1 aromatic heterocycles. The monoisotopic (exact) mass is 380 g/mol. The van der Waals surface area contributed by atoms with Crippen LogP contribution in [-0.2, 0) is 4.79 Å². The lowest BCUT2D eigenvalue weighted by atomic mass is 10.1. The molecule has 2 amide bonds. The highest BCUT2D eigenvalue weighted by Gasteiger charge is 2.13. The Balaban J connectivity index is 1.78. The van der Waals surface area contributed by atoms with Gasteiger partial charge in [0.1, 0.15) is 0 Å². The van der Waals surface area contributed by atoms with Crippen molar-refractivity contribution in [2.24, 2.45) is 0 Å².